The minimum absolute atomic E-state index is 0.0186. The number of hydrogen-bond acceptors (Lipinski definition) is 4. The maximum atomic E-state index is 14.1. The molecule has 0 unspecified atom stereocenters. The van der Waals surface area contributed by atoms with Crippen LogP contribution in [0.25, 0.3) is 10.8 Å². The molecule has 0 aliphatic rings. The van der Waals surface area contributed by atoms with Crippen molar-refractivity contribution in [3.8, 4) is 17.6 Å². The standard InChI is InChI=1S/C20H15FN2O3/c1-2-25-20(24)23-18-11-19(15(12-22)10-17(18)21)26-16-8-7-13-5-3-4-6-14(13)9-16/h3-11H,2H2,1H3,(H,23,24). The summed E-state index contributed by atoms with van der Waals surface area (Å²) < 4.78 is 24.6. The first-order valence-electron chi connectivity index (χ1n) is 7.94. The van der Waals surface area contributed by atoms with E-state index in [1.165, 1.54) is 6.07 Å². The van der Waals surface area contributed by atoms with Crippen LogP contribution in [0.15, 0.2) is 54.6 Å². The second-order valence-corrected chi connectivity index (χ2v) is 5.40. The highest BCUT2D eigenvalue weighted by Crippen LogP contribution is 2.31. The summed E-state index contributed by atoms with van der Waals surface area (Å²) in [6.07, 6.45) is -0.784. The number of amides is 1. The largest absolute Gasteiger partial charge is 0.456 e. The topological polar surface area (TPSA) is 71.3 Å². The zero-order valence-electron chi connectivity index (χ0n) is 14.0. The van der Waals surface area contributed by atoms with Crippen molar-refractivity contribution >= 4 is 22.6 Å². The summed E-state index contributed by atoms with van der Waals surface area (Å²) in [5.41, 5.74) is -0.108. The lowest BCUT2D eigenvalue weighted by molar-refractivity contribution is 0.168. The van der Waals surface area contributed by atoms with Gasteiger partial charge in [-0.1, -0.05) is 30.3 Å². The van der Waals surface area contributed by atoms with Gasteiger partial charge < -0.3 is 9.47 Å². The van der Waals surface area contributed by atoms with Crippen molar-refractivity contribution in [3.63, 3.8) is 0 Å². The van der Waals surface area contributed by atoms with Gasteiger partial charge in [-0.05, 0) is 35.9 Å². The number of rotatable bonds is 4. The number of nitrogens with zero attached hydrogens (tertiary/aromatic N) is 1. The summed E-state index contributed by atoms with van der Waals surface area (Å²) in [4.78, 5) is 11.5. The van der Waals surface area contributed by atoms with E-state index < -0.39 is 11.9 Å². The molecule has 3 aromatic rings. The molecule has 0 radical (unpaired) electrons. The van der Waals surface area contributed by atoms with Gasteiger partial charge in [0.25, 0.3) is 0 Å². The monoisotopic (exact) mass is 350 g/mol. The van der Waals surface area contributed by atoms with Crippen LogP contribution in [-0.4, -0.2) is 12.7 Å². The first-order valence-corrected chi connectivity index (χ1v) is 7.94. The summed E-state index contributed by atoms with van der Waals surface area (Å²) >= 11 is 0. The Hall–Kier alpha value is -3.59. The molecule has 130 valence electrons. The lowest BCUT2D eigenvalue weighted by atomic mass is 10.1. The smallest absolute Gasteiger partial charge is 0.411 e. The van der Waals surface area contributed by atoms with Gasteiger partial charge in [0.05, 0.1) is 17.9 Å². The van der Waals surface area contributed by atoms with E-state index in [0.717, 1.165) is 16.8 Å². The van der Waals surface area contributed by atoms with Crippen molar-refractivity contribution in [2.45, 2.75) is 6.92 Å². The highest BCUT2D eigenvalue weighted by atomic mass is 19.1. The molecule has 0 fully saturated rings. The lowest BCUT2D eigenvalue weighted by Crippen LogP contribution is -2.14. The quantitative estimate of drug-likeness (QED) is 0.701. The third-order valence-corrected chi connectivity index (χ3v) is 3.65. The fourth-order valence-electron chi connectivity index (χ4n) is 2.46. The van der Waals surface area contributed by atoms with E-state index in [2.05, 4.69) is 5.32 Å². The van der Waals surface area contributed by atoms with E-state index >= 15 is 0 Å². The van der Waals surface area contributed by atoms with Gasteiger partial charge in [0, 0.05) is 6.07 Å². The van der Waals surface area contributed by atoms with Crippen LogP contribution in [0.1, 0.15) is 12.5 Å². The van der Waals surface area contributed by atoms with Crippen molar-refractivity contribution in [1.29, 1.82) is 5.26 Å². The third-order valence-electron chi connectivity index (χ3n) is 3.65. The van der Waals surface area contributed by atoms with Gasteiger partial charge in [-0.2, -0.15) is 5.26 Å². The summed E-state index contributed by atoms with van der Waals surface area (Å²) in [6.45, 7) is 1.80. The number of fused-ring (bicyclic) bond motifs is 1. The third kappa shape index (κ3) is 3.73. The van der Waals surface area contributed by atoms with Crippen LogP contribution in [-0.2, 0) is 4.74 Å². The van der Waals surface area contributed by atoms with Gasteiger partial charge in [0.2, 0.25) is 0 Å². The molecule has 0 atom stereocenters. The number of nitrogens with one attached hydrogen (secondary N) is 1. The molecule has 1 amide bonds. The minimum Gasteiger partial charge on any atom is -0.456 e. The number of carbonyl (C=O) groups is 1. The van der Waals surface area contributed by atoms with E-state index in [0.29, 0.717) is 5.75 Å². The Morgan fingerprint density at radius 2 is 1.92 bits per heavy atom. The Bertz CT molecular complexity index is 1010. The van der Waals surface area contributed by atoms with E-state index in [1.54, 1.807) is 13.0 Å². The maximum Gasteiger partial charge on any atom is 0.411 e. The Morgan fingerprint density at radius 1 is 1.15 bits per heavy atom. The SMILES string of the molecule is CCOC(=O)Nc1cc(Oc2ccc3ccccc3c2)c(C#N)cc1F. The number of anilines is 1. The predicted octanol–water partition coefficient (Wildman–Crippen LogP) is 5.21. The average Bonchev–Trinajstić information content (AvgIpc) is 2.64. The molecule has 0 aliphatic heterocycles. The van der Waals surface area contributed by atoms with E-state index in [9.17, 15) is 14.4 Å². The van der Waals surface area contributed by atoms with E-state index in [4.69, 9.17) is 9.47 Å². The van der Waals surface area contributed by atoms with Crippen LogP contribution in [0.5, 0.6) is 11.5 Å². The zero-order valence-corrected chi connectivity index (χ0v) is 14.0. The summed E-state index contributed by atoms with van der Waals surface area (Å²) in [5.74, 6) is -0.120. The molecule has 3 aromatic carbocycles. The average molecular weight is 350 g/mol. The van der Waals surface area contributed by atoms with Crippen LogP contribution in [0, 0.1) is 17.1 Å². The van der Waals surface area contributed by atoms with Crippen LogP contribution in [0.2, 0.25) is 0 Å². The fourth-order valence-corrected chi connectivity index (χ4v) is 2.46. The van der Waals surface area contributed by atoms with Crippen molar-refractivity contribution in [3.05, 3.63) is 66.0 Å². The minimum atomic E-state index is -0.784. The molecule has 0 aliphatic carbocycles. The van der Waals surface area contributed by atoms with Gasteiger partial charge >= 0.3 is 6.09 Å². The maximum absolute atomic E-state index is 14.1. The van der Waals surface area contributed by atoms with Gasteiger partial charge in [-0.15, -0.1) is 0 Å². The second-order valence-electron chi connectivity index (χ2n) is 5.40. The molecule has 0 spiro atoms. The van der Waals surface area contributed by atoms with Gasteiger partial charge in [-0.3, -0.25) is 5.32 Å². The molecule has 26 heavy (non-hydrogen) atoms. The molecule has 5 nitrogen and oxygen atoms in total. The molecule has 6 heteroatoms. The fraction of sp³-hybridized carbons (Fsp3) is 0.100. The zero-order chi connectivity index (χ0) is 18.5. The second kappa shape index (κ2) is 7.53. The number of ether oxygens (including phenoxy) is 2. The van der Waals surface area contributed by atoms with Gasteiger partial charge in [0.1, 0.15) is 23.4 Å². The first-order chi connectivity index (χ1) is 12.6. The molecule has 1 N–H and O–H groups in total. The molecule has 0 heterocycles. The first kappa shape index (κ1) is 17.2. The molecule has 0 saturated carbocycles. The van der Waals surface area contributed by atoms with Crippen molar-refractivity contribution in [2.24, 2.45) is 0 Å². The molecular formula is C20H15FN2O3. The number of nitriles is 1. The normalized spacial score (nSPS) is 10.2. The van der Waals surface area contributed by atoms with Crippen LogP contribution >= 0.6 is 0 Å². The molecule has 0 aromatic heterocycles. The Kier molecular flexibility index (Phi) is 4.99. The number of halogens is 1. The Labute approximate surface area is 149 Å². The molecular weight excluding hydrogens is 335 g/mol. The number of benzene rings is 3. The highest BCUT2D eigenvalue weighted by Gasteiger charge is 2.14. The summed E-state index contributed by atoms with van der Waals surface area (Å²) in [7, 11) is 0. The van der Waals surface area contributed by atoms with E-state index in [1.807, 2.05) is 42.5 Å². The Balaban J connectivity index is 1.94. The Morgan fingerprint density at radius 3 is 2.65 bits per heavy atom. The van der Waals surface area contributed by atoms with Gasteiger partial charge in [0.15, 0.2) is 0 Å². The van der Waals surface area contributed by atoms with Gasteiger partial charge in [-0.25, -0.2) is 9.18 Å². The molecule has 0 saturated heterocycles. The van der Waals surface area contributed by atoms with Crippen molar-refractivity contribution in [1.82, 2.24) is 0 Å². The van der Waals surface area contributed by atoms with Crippen LogP contribution < -0.4 is 10.1 Å². The summed E-state index contributed by atoms with van der Waals surface area (Å²) in [5, 5.41) is 13.5. The number of carbonyl (C=O) groups excluding carboxylic acids is 1. The molecule has 3 rings (SSSR count). The lowest BCUT2D eigenvalue weighted by Gasteiger charge is -2.12. The van der Waals surface area contributed by atoms with Crippen LogP contribution in [0.3, 0.4) is 0 Å². The highest BCUT2D eigenvalue weighted by molar-refractivity contribution is 5.86. The van der Waals surface area contributed by atoms with Crippen LogP contribution in [0.4, 0.5) is 14.9 Å². The summed E-state index contributed by atoms with van der Waals surface area (Å²) in [6, 6.07) is 17.4. The van der Waals surface area contributed by atoms with Crippen molar-refractivity contribution in [2.75, 3.05) is 11.9 Å². The van der Waals surface area contributed by atoms with Crippen molar-refractivity contribution < 1.29 is 18.7 Å². The molecule has 0 bridgehead atoms. The van der Waals surface area contributed by atoms with E-state index in [-0.39, 0.29) is 23.6 Å². The number of hydrogen-bond donors (Lipinski definition) is 1. The predicted molar refractivity (Wildman–Crippen MR) is 95.8 cm³/mol.